The van der Waals surface area contributed by atoms with Crippen LogP contribution in [0.2, 0.25) is 0 Å². The van der Waals surface area contributed by atoms with Gasteiger partial charge < -0.3 is 0 Å². The maximum absolute atomic E-state index is 2.36. The summed E-state index contributed by atoms with van der Waals surface area (Å²) in [7, 11) is 0. The minimum atomic E-state index is 0.858. The highest BCUT2D eigenvalue weighted by Crippen LogP contribution is 2.23. The van der Waals surface area contributed by atoms with Gasteiger partial charge in [-0.05, 0) is 0 Å². The molecule has 1 atom stereocenters. The normalized spacial score (nSPS) is 34.3. The fraction of sp³-hybridized carbons (Fsp3) is 1.00. The Morgan fingerprint density at radius 3 is 2.71 bits per heavy atom. The molecule has 1 heterocycles. The van der Waals surface area contributed by atoms with Gasteiger partial charge in [-0.15, -0.1) is 11.8 Å². The average Bonchev–Trinajstić information content (AvgIpc) is 1.87. The van der Waals surface area contributed by atoms with Crippen LogP contribution in [0.25, 0.3) is 0 Å². The van der Waals surface area contributed by atoms with E-state index in [4.69, 9.17) is 0 Å². The molecular formula is C4H8INS. The van der Waals surface area contributed by atoms with E-state index in [0.717, 1.165) is 5.25 Å². The molecule has 1 saturated heterocycles. The Morgan fingerprint density at radius 2 is 2.57 bits per heavy atom. The van der Waals surface area contributed by atoms with Gasteiger partial charge in [0.05, 0.1) is 5.88 Å². The summed E-state index contributed by atoms with van der Waals surface area (Å²) in [5, 5.41) is 0.858. The van der Waals surface area contributed by atoms with Crippen molar-refractivity contribution >= 4 is 34.6 Å². The van der Waals surface area contributed by atoms with Crippen molar-refractivity contribution in [1.29, 1.82) is 0 Å². The third kappa shape index (κ3) is 1.77. The number of halogens is 1. The van der Waals surface area contributed by atoms with Gasteiger partial charge in [-0.25, -0.2) is 3.11 Å². The Labute approximate surface area is 62.3 Å². The first-order chi connectivity index (χ1) is 3.29. The molecule has 1 nitrogen and oxygen atoms in total. The molecule has 7 heavy (non-hydrogen) atoms. The lowest BCUT2D eigenvalue weighted by Gasteiger charge is -1.98. The van der Waals surface area contributed by atoms with Gasteiger partial charge in [0.1, 0.15) is 0 Å². The molecule has 42 valence electrons. The summed E-state index contributed by atoms with van der Waals surface area (Å²) in [5.74, 6) is 1.21. The van der Waals surface area contributed by atoms with E-state index in [1.807, 2.05) is 11.8 Å². The monoisotopic (exact) mass is 229 g/mol. The number of nitrogens with zero attached hydrogens (tertiary/aromatic N) is 1. The van der Waals surface area contributed by atoms with Gasteiger partial charge in [0.2, 0.25) is 0 Å². The minimum Gasteiger partial charge on any atom is -0.237 e. The fourth-order valence-electron chi connectivity index (χ4n) is 0.593. The maximum atomic E-state index is 2.36. The third-order valence-corrected chi connectivity index (χ3v) is 3.33. The summed E-state index contributed by atoms with van der Waals surface area (Å²) in [5.41, 5.74) is 0. The molecule has 0 aromatic rings. The van der Waals surface area contributed by atoms with Gasteiger partial charge in [0, 0.05) is 34.7 Å². The molecule has 1 fully saturated rings. The fourth-order valence-corrected chi connectivity index (χ4v) is 2.74. The van der Waals surface area contributed by atoms with Crippen LogP contribution in [0.15, 0.2) is 0 Å². The molecular weight excluding hydrogens is 221 g/mol. The van der Waals surface area contributed by atoms with Crippen LogP contribution in [0, 0.1) is 0 Å². The van der Waals surface area contributed by atoms with Crippen molar-refractivity contribution in [2.24, 2.45) is 0 Å². The lowest BCUT2D eigenvalue weighted by Crippen LogP contribution is -2.07. The highest BCUT2D eigenvalue weighted by atomic mass is 127. The van der Waals surface area contributed by atoms with E-state index >= 15 is 0 Å². The topological polar surface area (TPSA) is 3.24 Å². The average molecular weight is 229 g/mol. The lowest BCUT2D eigenvalue weighted by atomic mass is 10.5. The van der Waals surface area contributed by atoms with E-state index in [9.17, 15) is 0 Å². The van der Waals surface area contributed by atoms with Gasteiger partial charge >= 0.3 is 0 Å². The molecule has 0 bridgehead atoms. The molecule has 1 aliphatic heterocycles. The van der Waals surface area contributed by atoms with Crippen LogP contribution in [-0.4, -0.2) is 20.8 Å². The van der Waals surface area contributed by atoms with Gasteiger partial charge in [0.15, 0.2) is 0 Å². The lowest BCUT2D eigenvalue weighted by molar-refractivity contribution is 0.625. The first-order valence-corrected chi connectivity index (χ1v) is 4.33. The quantitative estimate of drug-likeness (QED) is 0.459. The maximum Gasteiger partial charge on any atom is 0.0541 e. The summed E-state index contributed by atoms with van der Waals surface area (Å²) >= 11 is 4.38. The Hall–Kier alpha value is 1.04. The zero-order valence-electron chi connectivity index (χ0n) is 4.22. The van der Waals surface area contributed by atoms with E-state index < -0.39 is 0 Å². The van der Waals surface area contributed by atoms with Crippen molar-refractivity contribution in [2.75, 3.05) is 12.4 Å². The first kappa shape index (κ1) is 6.16. The van der Waals surface area contributed by atoms with Gasteiger partial charge in [-0.1, -0.05) is 6.92 Å². The van der Waals surface area contributed by atoms with Gasteiger partial charge in [-0.2, -0.15) is 0 Å². The molecule has 3 heteroatoms. The molecule has 0 saturated carbocycles. The standard InChI is InChI=1S/C4H8INS/c1-4-2-6(5)3-7-4/h4H,2-3H2,1H3. The molecule has 0 aromatic heterocycles. The molecule has 0 radical (unpaired) electrons. The Balaban J connectivity index is 2.26. The smallest absolute Gasteiger partial charge is 0.0541 e. The van der Waals surface area contributed by atoms with Gasteiger partial charge in [0.25, 0.3) is 0 Å². The molecule has 1 unspecified atom stereocenters. The molecule has 0 amide bonds. The summed E-state index contributed by atoms with van der Waals surface area (Å²) in [6.45, 7) is 3.52. The Bertz CT molecular complexity index is 60.7. The van der Waals surface area contributed by atoms with Crippen LogP contribution in [0.5, 0.6) is 0 Å². The van der Waals surface area contributed by atoms with E-state index in [0.29, 0.717) is 0 Å². The minimum absolute atomic E-state index is 0.858. The molecule has 1 rings (SSSR count). The van der Waals surface area contributed by atoms with E-state index in [2.05, 4.69) is 32.9 Å². The second-order valence-corrected chi connectivity index (χ2v) is 4.51. The number of rotatable bonds is 0. The SMILES string of the molecule is CC1CN(I)CS1. The van der Waals surface area contributed by atoms with Crippen molar-refractivity contribution in [3.63, 3.8) is 0 Å². The highest BCUT2D eigenvalue weighted by Gasteiger charge is 2.15. The van der Waals surface area contributed by atoms with E-state index in [1.54, 1.807) is 0 Å². The van der Waals surface area contributed by atoms with Crippen LogP contribution in [0.4, 0.5) is 0 Å². The van der Waals surface area contributed by atoms with Crippen molar-refractivity contribution in [2.45, 2.75) is 12.2 Å². The van der Waals surface area contributed by atoms with Crippen molar-refractivity contribution < 1.29 is 0 Å². The Kier molecular flexibility index (Phi) is 2.24. The second kappa shape index (κ2) is 2.55. The van der Waals surface area contributed by atoms with Crippen LogP contribution < -0.4 is 0 Å². The van der Waals surface area contributed by atoms with Crippen molar-refractivity contribution in [3.8, 4) is 0 Å². The second-order valence-electron chi connectivity index (χ2n) is 1.75. The highest BCUT2D eigenvalue weighted by molar-refractivity contribution is 14.1. The van der Waals surface area contributed by atoms with E-state index in [1.165, 1.54) is 12.4 Å². The summed E-state index contributed by atoms with van der Waals surface area (Å²) in [6, 6.07) is 0. The van der Waals surface area contributed by atoms with E-state index in [-0.39, 0.29) is 0 Å². The van der Waals surface area contributed by atoms with Crippen LogP contribution in [0.1, 0.15) is 6.92 Å². The predicted molar refractivity (Wildman–Crippen MR) is 42.6 cm³/mol. The molecule has 0 aliphatic carbocycles. The molecule has 0 N–H and O–H groups in total. The van der Waals surface area contributed by atoms with Crippen molar-refractivity contribution in [3.05, 3.63) is 0 Å². The predicted octanol–water partition coefficient (Wildman–Crippen LogP) is 1.73. The summed E-state index contributed by atoms with van der Waals surface area (Å²) < 4.78 is 2.31. The van der Waals surface area contributed by atoms with Crippen LogP contribution in [-0.2, 0) is 0 Å². The largest absolute Gasteiger partial charge is 0.237 e. The molecule has 0 spiro atoms. The zero-order chi connectivity index (χ0) is 5.28. The van der Waals surface area contributed by atoms with Crippen LogP contribution in [0.3, 0.4) is 0 Å². The van der Waals surface area contributed by atoms with Crippen LogP contribution >= 0.6 is 34.6 Å². The summed E-state index contributed by atoms with van der Waals surface area (Å²) in [6.07, 6.45) is 0. The number of hydrogen-bond donors (Lipinski definition) is 0. The Morgan fingerprint density at radius 1 is 1.86 bits per heavy atom. The summed E-state index contributed by atoms with van der Waals surface area (Å²) in [4.78, 5) is 0. The number of thioether (sulfide) groups is 1. The first-order valence-electron chi connectivity index (χ1n) is 2.31. The van der Waals surface area contributed by atoms with Gasteiger partial charge in [-0.3, -0.25) is 0 Å². The number of hydrogen-bond acceptors (Lipinski definition) is 2. The molecule has 0 aromatic carbocycles. The van der Waals surface area contributed by atoms with Crippen molar-refractivity contribution in [1.82, 2.24) is 3.11 Å². The molecule has 1 aliphatic rings. The zero-order valence-corrected chi connectivity index (χ0v) is 7.20. The third-order valence-electron chi connectivity index (χ3n) is 0.954.